The van der Waals surface area contributed by atoms with Gasteiger partial charge in [0.25, 0.3) is 0 Å². The van der Waals surface area contributed by atoms with Crippen molar-refractivity contribution in [3.8, 4) is 11.5 Å². The number of benzene rings is 2. The van der Waals surface area contributed by atoms with Gasteiger partial charge in [-0.05, 0) is 56.9 Å². The first-order valence-electron chi connectivity index (χ1n) is 10.9. The van der Waals surface area contributed by atoms with Gasteiger partial charge >= 0.3 is 12.2 Å². The zero-order valence-corrected chi connectivity index (χ0v) is 24.0. The van der Waals surface area contributed by atoms with Crippen molar-refractivity contribution in [1.29, 1.82) is 0 Å². The summed E-state index contributed by atoms with van der Waals surface area (Å²) in [5, 5.41) is 2.81. The van der Waals surface area contributed by atoms with E-state index in [1.54, 1.807) is 45.2 Å². The van der Waals surface area contributed by atoms with Gasteiger partial charge in [-0.3, -0.25) is 0 Å². The maximum atomic E-state index is 15.2. The van der Waals surface area contributed by atoms with E-state index in [1.807, 2.05) is 0 Å². The molecule has 0 heterocycles. The molecule has 2 aromatic rings. The van der Waals surface area contributed by atoms with Gasteiger partial charge in [-0.2, -0.15) is 4.99 Å². The number of nitrogens with one attached hydrogen (secondary N) is 1. The number of halogens is 2. The molecule has 0 atom stereocenters. The van der Waals surface area contributed by atoms with Crippen molar-refractivity contribution >= 4 is 56.3 Å². The summed E-state index contributed by atoms with van der Waals surface area (Å²) in [6, 6.07) is 7.72. The molecule has 200 valence electrons. The van der Waals surface area contributed by atoms with Gasteiger partial charge < -0.3 is 24.3 Å². The Balaban J connectivity index is 2.61. The lowest BCUT2D eigenvalue weighted by atomic mass is 10.1. The van der Waals surface area contributed by atoms with E-state index in [0.717, 1.165) is 22.3 Å². The van der Waals surface area contributed by atoms with Crippen molar-refractivity contribution in [3.63, 3.8) is 0 Å². The van der Waals surface area contributed by atoms with Crippen LogP contribution < -0.4 is 14.8 Å². The smallest absolute Gasteiger partial charge is 0.434 e. The fraction of sp³-hybridized carbons (Fsp3) is 0.360. The van der Waals surface area contributed by atoms with Crippen LogP contribution in [-0.2, 0) is 16.0 Å². The zero-order chi connectivity index (χ0) is 27.8. The Morgan fingerprint density at radius 2 is 1.73 bits per heavy atom. The van der Waals surface area contributed by atoms with Gasteiger partial charge in [-0.15, -0.1) is 11.8 Å². The average molecular weight is 598 g/mol. The fourth-order valence-electron chi connectivity index (χ4n) is 2.96. The van der Waals surface area contributed by atoms with Crippen LogP contribution in [-0.4, -0.2) is 56.1 Å². The van der Waals surface area contributed by atoms with E-state index in [9.17, 15) is 9.59 Å². The molecule has 0 saturated heterocycles. The molecule has 0 aliphatic rings. The second kappa shape index (κ2) is 13.4. The lowest BCUT2D eigenvalue weighted by molar-refractivity contribution is 0.0523. The topological polar surface area (TPSA) is 108 Å². The third-order valence-corrected chi connectivity index (χ3v) is 6.03. The first-order chi connectivity index (χ1) is 17.4. The number of hydrogen-bond acceptors (Lipinski definition) is 8. The molecule has 12 heteroatoms. The maximum absolute atomic E-state index is 15.2. The standard InChI is InChI=1S/C25H29BrFN3O6S/c1-25(2,3)36-23(31)28-13-14-10-15(8-9-17(14)26)29-21(22(37-7)30-24(32)35-6)16-11-19(33-4)20(34-5)12-18(16)27/h8-12H,13H2,1-7H3,(H,28,31)/b29-21?,30-22-. The molecule has 0 aliphatic heterocycles. The molecule has 0 radical (unpaired) electrons. The van der Waals surface area contributed by atoms with Crippen LogP contribution >= 0.6 is 27.7 Å². The molecule has 0 unspecified atom stereocenters. The van der Waals surface area contributed by atoms with Crippen molar-refractivity contribution in [1.82, 2.24) is 5.32 Å². The first-order valence-corrected chi connectivity index (χ1v) is 12.9. The molecule has 1 N–H and O–H groups in total. The van der Waals surface area contributed by atoms with E-state index in [4.69, 9.17) is 14.2 Å². The third kappa shape index (κ3) is 8.74. The van der Waals surface area contributed by atoms with Crippen LogP contribution in [0.2, 0.25) is 0 Å². The van der Waals surface area contributed by atoms with E-state index in [2.05, 4.69) is 36.0 Å². The van der Waals surface area contributed by atoms with Crippen LogP contribution in [0.15, 0.2) is 44.8 Å². The largest absolute Gasteiger partial charge is 0.493 e. The number of alkyl carbamates (subject to hydrolysis) is 1. The van der Waals surface area contributed by atoms with E-state index >= 15 is 4.39 Å². The molecule has 0 aromatic heterocycles. The molecule has 0 saturated carbocycles. The quantitative estimate of drug-likeness (QED) is 0.295. The van der Waals surface area contributed by atoms with Gasteiger partial charge in [0.15, 0.2) is 11.5 Å². The van der Waals surface area contributed by atoms with Crippen molar-refractivity contribution in [2.24, 2.45) is 9.98 Å². The molecule has 2 rings (SSSR count). The molecule has 37 heavy (non-hydrogen) atoms. The van der Waals surface area contributed by atoms with Crippen molar-refractivity contribution in [2.75, 3.05) is 27.6 Å². The Bertz CT molecular complexity index is 1210. The van der Waals surface area contributed by atoms with Gasteiger partial charge in [0.05, 0.1) is 27.0 Å². The minimum Gasteiger partial charge on any atom is -0.493 e. The van der Waals surface area contributed by atoms with Crippen molar-refractivity contribution in [2.45, 2.75) is 32.9 Å². The number of nitrogens with zero attached hydrogens (tertiary/aromatic N) is 2. The number of methoxy groups -OCH3 is 3. The minimum atomic E-state index is -0.865. The lowest BCUT2D eigenvalue weighted by Crippen LogP contribution is -2.32. The van der Waals surface area contributed by atoms with Crippen LogP contribution in [0, 0.1) is 5.82 Å². The summed E-state index contributed by atoms with van der Waals surface area (Å²) in [5.74, 6) is -0.201. The van der Waals surface area contributed by atoms with Gasteiger partial charge in [-0.25, -0.2) is 19.0 Å². The molecular formula is C25H29BrFN3O6S. The Kier molecular flexibility index (Phi) is 10.9. The molecule has 9 nitrogen and oxygen atoms in total. The molecule has 2 aromatic carbocycles. The number of rotatable bonds is 7. The lowest BCUT2D eigenvalue weighted by Gasteiger charge is -2.20. The third-order valence-electron chi connectivity index (χ3n) is 4.58. The number of thioether (sulfide) groups is 1. The van der Waals surface area contributed by atoms with Crippen LogP contribution in [0.1, 0.15) is 31.9 Å². The number of carbonyl (C=O) groups excluding carboxylic acids is 2. The summed E-state index contributed by atoms with van der Waals surface area (Å²) in [7, 11) is 4.01. The average Bonchev–Trinajstić information content (AvgIpc) is 2.84. The first kappa shape index (κ1) is 30.1. The zero-order valence-electron chi connectivity index (χ0n) is 21.6. The highest BCUT2D eigenvalue weighted by atomic mass is 79.9. The maximum Gasteiger partial charge on any atom is 0.434 e. The van der Waals surface area contributed by atoms with Gasteiger partial charge in [0.2, 0.25) is 0 Å². The van der Waals surface area contributed by atoms with Crippen molar-refractivity contribution in [3.05, 3.63) is 51.7 Å². The Morgan fingerprint density at radius 3 is 2.30 bits per heavy atom. The summed E-state index contributed by atoms with van der Waals surface area (Å²) in [5.41, 5.74) is 0.574. The molecule has 0 bridgehead atoms. The summed E-state index contributed by atoms with van der Waals surface area (Å²) >= 11 is 4.56. The highest BCUT2D eigenvalue weighted by Crippen LogP contribution is 2.32. The molecule has 0 aliphatic carbocycles. The molecule has 0 spiro atoms. The summed E-state index contributed by atoms with van der Waals surface area (Å²) in [6.07, 6.45) is 0.237. The summed E-state index contributed by atoms with van der Waals surface area (Å²) in [6.45, 7) is 5.45. The molecular weight excluding hydrogens is 569 g/mol. The van der Waals surface area contributed by atoms with Crippen LogP contribution in [0.3, 0.4) is 0 Å². The Labute approximate surface area is 228 Å². The predicted octanol–water partition coefficient (Wildman–Crippen LogP) is 6.28. The normalized spacial score (nSPS) is 12.1. The fourth-order valence-corrected chi connectivity index (χ4v) is 3.86. The summed E-state index contributed by atoms with van der Waals surface area (Å²) < 4.78 is 36.4. The molecule has 2 amide bonds. The number of amides is 2. The van der Waals surface area contributed by atoms with Crippen LogP contribution in [0.5, 0.6) is 11.5 Å². The van der Waals surface area contributed by atoms with Gasteiger partial charge in [0.1, 0.15) is 22.2 Å². The van der Waals surface area contributed by atoms with Crippen LogP contribution in [0.25, 0.3) is 0 Å². The second-order valence-electron chi connectivity index (χ2n) is 8.37. The highest BCUT2D eigenvalue weighted by molar-refractivity contribution is 9.10. The number of ether oxygens (including phenoxy) is 4. The monoisotopic (exact) mass is 597 g/mol. The van der Waals surface area contributed by atoms with E-state index in [-0.39, 0.29) is 34.4 Å². The molecule has 0 fully saturated rings. The van der Waals surface area contributed by atoms with E-state index in [0.29, 0.717) is 11.3 Å². The summed E-state index contributed by atoms with van der Waals surface area (Å²) in [4.78, 5) is 32.6. The second-order valence-corrected chi connectivity index (χ2v) is 10.0. The minimum absolute atomic E-state index is 0.0333. The van der Waals surface area contributed by atoms with Crippen LogP contribution in [0.4, 0.5) is 19.7 Å². The van der Waals surface area contributed by atoms with Gasteiger partial charge in [0, 0.05) is 22.6 Å². The van der Waals surface area contributed by atoms with E-state index < -0.39 is 23.6 Å². The number of aliphatic imine (C=N–C) groups is 2. The Hall–Kier alpha value is -3.12. The Morgan fingerprint density at radius 1 is 1.08 bits per heavy atom. The van der Waals surface area contributed by atoms with Gasteiger partial charge in [-0.1, -0.05) is 15.9 Å². The van der Waals surface area contributed by atoms with E-state index in [1.165, 1.54) is 27.4 Å². The highest BCUT2D eigenvalue weighted by Gasteiger charge is 2.22. The van der Waals surface area contributed by atoms with Crippen molar-refractivity contribution < 1.29 is 32.9 Å². The number of carbonyl (C=O) groups is 2. The SMILES string of the molecule is COC(=O)/N=C(\SC)C(=Nc1ccc(Br)c(CNC(=O)OC(C)(C)C)c1)c1cc(OC)c(OC)cc1F. The predicted molar refractivity (Wildman–Crippen MR) is 146 cm³/mol. The number of hydrogen-bond donors (Lipinski definition) is 1.